The molecule has 0 aromatic heterocycles. The monoisotopic (exact) mass is 257 g/mol. The summed E-state index contributed by atoms with van der Waals surface area (Å²) in [6.45, 7) is 0.310. The first-order valence-electron chi connectivity index (χ1n) is 6.08. The summed E-state index contributed by atoms with van der Waals surface area (Å²) in [5, 5.41) is 5.42. The van der Waals surface area contributed by atoms with E-state index >= 15 is 0 Å². The van der Waals surface area contributed by atoms with Crippen molar-refractivity contribution < 1.29 is 9.59 Å². The van der Waals surface area contributed by atoms with Gasteiger partial charge in [-0.1, -0.05) is 17.9 Å². The van der Waals surface area contributed by atoms with Gasteiger partial charge in [0.05, 0.1) is 6.54 Å². The lowest BCUT2D eigenvalue weighted by atomic mass is 10.1. The van der Waals surface area contributed by atoms with Gasteiger partial charge in [-0.3, -0.25) is 14.9 Å². The lowest BCUT2D eigenvalue weighted by molar-refractivity contribution is -0.133. The molecule has 1 aromatic rings. The maximum Gasteiger partial charge on any atom is 0.249 e. The van der Waals surface area contributed by atoms with E-state index in [-0.39, 0.29) is 17.9 Å². The Labute approximate surface area is 111 Å². The van der Waals surface area contributed by atoms with Crippen molar-refractivity contribution in [3.8, 4) is 11.8 Å². The molecule has 1 fully saturated rings. The van der Waals surface area contributed by atoms with E-state index in [1.165, 1.54) is 0 Å². The highest BCUT2D eigenvalue weighted by molar-refractivity contribution is 6.01. The van der Waals surface area contributed by atoms with Crippen LogP contribution in [0.4, 0.5) is 5.69 Å². The molecule has 0 saturated carbocycles. The fourth-order valence-electron chi connectivity index (χ4n) is 1.87. The van der Waals surface area contributed by atoms with Crippen LogP contribution in [0.2, 0.25) is 0 Å². The zero-order chi connectivity index (χ0) is 13.7. The Kier molecular flexibility index (Phi) is 4.16. The smallest absolute Gasteiger partial charge is 0.249 e. The molecule has 1 heterocycles. The van der Waals surface area contributed by atoms with Gasteiger partial charge >= 0.3 is 0 Å². The second-order valence-corrected chi connectivity index (χ2v) is 4.23. The molecule has 0 aliphatic carbocycles. The van der Waals surface area contributed by atoms with Gasteiger partial charge in [-0.25, -0.2) is 0 Å². The molecule has 1 aliphatic rings. The van der Waals surface area contributed by atoms with E-state index in [0.717, 1.165) is 11.3 Å². The molecule has 0 spiro atoms. The number of rotatable bonds is 2. The van der Waals surface area contributed by atoms with Crippen molar-refractivity contribution in [1.82, 2.24) is 5.32 Å². The van der Waals surface area contributed by atoms with Gasteiger partial charge in [0.1, 0.15) is 6.04 Å². The van der Waals surface area contributed by atoms with Crippen LogP contribution in [0.15, 0.2) is 24.3 Å². The highest BCUT2D eigenvalue weighted by atomic mass is 16.2. The third kappa shape index (κ3) is 3.57. The van der Waals surface area contributed by atoms with Gasteiger partial charge in [-0.05, 0) is 24.6 Å². The number of hydrogen-bond donors (Lipinski definition) is 3. The summed E-state index contributed by atoms with van der Waals surface area (Å²) in [7, 11) is 0. The number of imide groups is 1. The molecule has 0 bridgehead atoms. The maximum atomic E-state index is 11.6. The minimum absolute atomic E-state index is 0.217. The lowest BCUT2D eigenvalue weighted by Gasteiger charge is -2.22. The standard InChI is InChI=1S/C14H15N3O2/c15-8-2-4-10-3-1-5-11(9-10)16-12-6-7-13(18)17-14(12)19/h1,3,5,9,12,16H,6-8,15H2,(H,17,18,19)/t12-/m0/s1. The van der Waals surface area contributed by atoms with Crippen molar-refractivity contribution in [3.63, 3.8) is 0 Å². The zero-order valence-corrected chi connectivity index (χ0v) is 10.4. The normalized spacial score (nSPS) is 18.3. The van der Waals surface area contributed by atoms with Crippen LogP contribution in [-0.2, 0) is 9.59 Å². The Morgan fingerprint density at radius 2 is 2.26 bits per heavy atom. The number of hydrogen-bond acceptors (Lipinski definition) is 4. The van der Waals surface area contributed by atoms with E-state index in [0.29, 0.717) is 19.4 Å². The van der Waals surface area contributed by atoms with E-state index in [4.69, 9.17) is 5.73 Å². The number of nitrogens with two attached hydrogens (primary N) is 1. The van der Waals surface area contributed by atoms with E-state index in [9.17, 15) is 9.59 Å². The Morgan fingerprint density at radius 1 is 1.42 bits per heavy atom. The fourth-order valence-corrected chi connectivity index (χ4v) is 1.87. The topological polar surface area (TPSA) is 84.2 Å². The molecule has 4 N–H and O–H groups in total. The first-order chi connectivity index (χ1) is 9.19. The molecule has 1 aromatic carbocycles. The Balaban J connectivity index is 2.06. The Morgan fingerprint density at radius 3 is 3.00 bits per heavy atom. The molecule has 0 unspecified atom stereocenters. The minimum atomic E-state index is -0.379. The largest absolute Gasteiger partial charge is 0.374 e. The van der Waals surface area contributed by atoms with Crippen molar-refractivity contribution in [3.05, 3.63) is 29.8 Å². The fraction of sp³-hybridized carbons (Fsp3) is 0.286. The summed E-state index contributed by atoms with van der Waals surface area (Å²) in [5.41, 5.74) is 6.96. The molecule has 5 nitrogen and oxygen atoms in total. The van der Waals surface area contributed by atoms with Gasteiger partial charge in [-0.15, -0.1) is 0 Å². The summed E-state index contributed by atoms with van der Waals surface area (Å²) in [4.78, 5) is 22.7. The first kappa shape index (κ1) is 13.1. The van der Waals surface area contributed by atoms with Gasteiger partial charge in [-0.2, -0.15) is 0 Å². The Hall–Kier alpha value is -2.32. The second kappa shape index (κ2) is 6.03. The van der Waals surface area contributed by atoms with Crippen molar-refractivity contribution in [1.29, 1.82) is 0 Å². The summed E-state index contributed by atoms with van der Waals surface area (Å²) in [6, 6.07) is 7.06. The highest BCUT2D eigenvalue weighted by Crippen LogP contribution is 2.15. The van der Waals surface area contributed by atoms with E-state index in [2.05, 4.69) is 22.5 Å². The molecule has 1 atom stereocenters. The van der Waals surface area contributed by atoms with Crippen LogP contribution in [0.5, 0.6) is 0 Å². The van der Waals surface area contributed by atoms with Crippen molar-refractivity contribution >= 4 is 17.5 Å². The number of carbonyl (C=O) groups excluding carboxylic acids is 2. The number of carbonyl (C=O) groups is 2. The molecule has 0 radical (unpaired) electrons. The highest BCUT2D eigenvalue weighted by Gasteiger charge is 2.26. The minimum Gasteiger partial charge on any atom is -0.374 e. The molecule has 2 rings (SSSR count). The summed E-state index contributed by atoms with van der Waals surface area (Å²) in [5.74, 6) is 5.21. The predicted octanol–water partition coefficient (Wildman–Crippen LogP) is 0.214. The third-order valence-corrected chi connectivity index (χ3v) is 2.78. The third-order valence-electron chi connectivity index (χ3n) is 2.78. The van der Waals surface area contributed by atoms with Gasteiger partial charge in [0, 0.05) is 17.7 Å². The van der Waals surface area contributed by atoms with Gasteiger partial charge in [0.2, 0.25) is 11.8 Å². The van der Waals surface area contributed by atoms with Crippen molar-refractivity contribution in [2.75, 3.05) is 11.9 Å². The molecule has 1 aliphatic heterocycles. The predicted molar refractivity (Wildman–Crippen MR) is 72.2 cm³/mol. The number of benzene rings is 1. The first-order valence-corrected chi connectivity index (χ1v) is 6.08. The summed E-state index contributed by atoms with van der Waals surface area (Å²) in [6.07, 6.45) is 0.861. The molecule has 19 heavy (non-hydrogen) atoms. The summed E-state index contributed by atoms with van der Waals surface area (Å²) >= 11 is 0. The van der Waals surface area contributed by atoms with Crippen LogP contribution in [0.25, 0.3) is 0 Å². The average molecular weight is 257 g/mol. The lowest BCUT2D eigenvalue weighted by Crippen LogP contribution is -2.47. The van der Waals surface area contributed by atoms with Crippen LogP contribution in [0.3, 0.4) is 0 Å². The van der Waals surface area contributed by atoms with Crippen LogP contribution in [-0.4, -0.2) is 24.4 Å². The van der Waals surface area contributed by atoms with Gasteiger partial charge < -0.3 is 11.1 Å². The average Bonchev–Trinajstić information content (AvgIpc) is 2.40. The number of amides is 2. The molecular formula is C14H15N3O2. The van der Waals surface area contributed by atoms with Crippen LogP contribution < -0.4 is 16.4 Å². The second-order valence-electron chi connectivity index (χ2n) is 4.23. The van der Waals surface area contributed by atoms with Crippen LogP contribution in [0, 0.1) is 11.8 Å². The maximum absolute atomic E-state index is 11.6. The van der Waals surface area contributed by atoms with E-state index in [1.807, 2.05) is 24.3 Å². The van der Waals surface area contributed by atoms with Gasteiger partial charge in [0.25, 0.3) is 0 Å². The number of nitrogens with one attached hydrogen (secondary N) is 2. The molecular weight excluding hydrogens is 242 g/mol. The zero-order valence-electron chi connectivity index (χ0n) is 10.4. The number of anilines is 1. The quantitative estimate of drug-likeness (QED) is 0.522. The SMILES string of the molecule is NCC#Cc1cccc(N[C@H]2CCC(=O)NC2=O)c1. The molecule has 5 heteroatoms. The molecule has 1 saturated heterocycles. The number of piperidine rings is 1. The van der Waals surface area contributed by atoms with Crippen LogP contribution in [0.1, 0.15) is 18.4 Å². The molecule has 98 valence electrons. The van der Waals surface area contributed by atoms with E-state index in [1.54, 1.807) is 0 Å². The molecule has 2 amide bonds. The van der Waals surface area contributed by atoms with E-state index < -0.39 is 0 Å². The van der Waals surface area contributed by atoms with Crippen molar-refractivity contribution in [2.24, 2.45) is 5.73 Å². The Bertz CT molecular complexity index is 557. The van der Waals surface area contributed by atoms with Crippen LogP contribution >= 0.6 is 0 Å². The van der Waals surface area contributed by atoms with Gasteiger partial charge in [0.15, 0.2) is 0 Å². The van der Waals surface area contributed by atoms with Crippen molar-refractivity contribution in [2.45, 2.75) is 18.9 Å². The summed E-state index contributed by atoms with van der Waals surface area (Å²) < 4.78 is 0.